The average Bonchev–Trinajstić information content (AvgIpc) is 2.77. The van der Waals surface area contributed by atoms with Gasteiger partial charge in [0.2, 0.25) is 11.6 Å². The number of halogens is 1. The zero-order chi connectivity index (χ0) is 16.7. The van der Waals surface area contributed by atoms with Crippen LogP contribution in [0, 0.1) is 20.4 Å². The molecular weight excluding hydrogens is 302 g/mol. The van der Waals surface area contributed by atoms with Gasteiger partial charge >= 0.3 is 7.12 Å². The summed E-state index contributed by atoms with van der Waals surface area (Å²) < 4.78 is 18.6. The molecule has 0 amide bonds. The molecule has 22 heavy (non-hydrogen) atoms. The molecule has 1 aromatic carbocycles. The maximum absolute atomic E-state index is 9.81. The summed E-state index contributed by atoms with van der Waals surface area (Å²) in [5.74, 6) is 0.637. The molecule has 5 nitrogen and oxygen atoms in total. The minimum absolute atomic E-state index is 0.192. The third-order valence-electron chi connectivity index (χ3n) is 3.41. The molecule has 0 spiro atoms. The Hall–Kier alpha value is -2.07. The zero-order valence-electron chi connectivity index (χ0n) is 12.9. The predicted molar refractivity (Wildman–Crippen MR) is 83.9 cm³/mol. The van der Waals surface area contributed by atoms with Crippen molar-refractivity contribution in [3.63, 3.8) is 0 Å². The van der Waals surface area contributed by atoms with Gasteiger partial charge in [-0.1, -0.05) is 11.6 Å². The second kappa shape index (κ2) is 5.62. The SMILES string of the molecule is [2H]C1OB(O)c2c(C)cc(Oc3nc(C)c([N+]#[C-])cc3Cl)cc21. The van der Waals surface area contributed by atoms with Crippen LogP contribution in [0.3, 0.4) is 0 Å². The third-order valence-corrected chi connectivity index (χ3v) is 3.68. The van der Waals surface area contributed by atoms with Crippen molar-refractivity contribution < 1.29 is 15.8 Å². The van der Waals surface area contributed by atoms with Crippen LogP contribution in [0.4, 0.5) is 5.69 Å². The molecular formula is C15H12BClN2O3. The Morgan fingerprint density at radius 3 is 3.00 bits per heavy atom. The van der Waals surface area contributed by atoms with E-state index < -0.39 is 13.7 Å². The highest BCUT2D eigenvalue weighted by Gasteiger charge is 2.29. The van der Waals surface area contributed by atoms with Crippen molar-refractivity contribution in [2.75, 3.05) is 0 Å². The van der Waals surface area contributed by atoms with E-state index in [2.05, 4.69) is 9.83 Å². The first-order valence-electron chi connectivity index (χ1n) is 7.11. The molecule has 2 heterocycles. The number of fused-ring (bicyclic) bond motifs is 1. The summed E-state index contributed by atoms with van der Waals surface area (Å²) in [7, 11) is -1.09. The van der Waals surface area contributed by atoms with Gasteiger partial charge in [0.25, 0.3) is 0 Å². The largest absolute Gasteiger partial charge is 0.492 e. The minimum atomic E-state index is -1.09. The van der Waals surface area contributed by atoms with E-state index in [0.717, 1.165) is 5.56 Å². The molecule has 3 rings (SSSR count). The highest BCUT2D eigenvalue weighted by Crippen LogP contribution is 2.33. The Bertz CT molecular complexity index is 840. The van der Waals surface area contributed by atoms with Crippen LogP contribution in [0.1, 0.15) is 18.2 Å². The van der Waals surface area contributed by atoms with Crippen LogP contribution in [-0.4, -0.2) is 17.1 Å². The van der Waals surface area contributed by atoms with E-state index in [9.17, 15) is 5.02 Å². The van der Waals surface area contributed by atoms with E-state index in [1.807, 2.05) is 0 Å². The van der Waals surface area contributed by atoms with Crippen molar-refractivity contribution >= 4 is 29.9 Å². The van der Waals surface area contributed by atoms with Crippen LogP contribution in [-0.2, 0) is 11.2 Å². The van der Waals surface area contributed by atoms with Gasteiger partial charge in [0.1, 0.15) is 5.75 Å². The van der Waals surface area contributed by atoms with Gasteiger partial charge in [0, 0.05) is 5.69 Å². The van der Waals surface area contributed by atoms with Gasteiger partial charge in [0.15, 0.2) is 0 Å². The molecule has 1 N–H and O–H groups in total. The van der Waals surface area contributed by atoms with Crippen LogP contribution in [0.2, 0.25) is 5.02 Å². The first-order valence-corrected chi connectivity index (χ1v) is 6.91. The first kappa shape index (κ1) is 13.6. The van der Waals surface area contributed by atoms with E-state index in [0.29, 0.717) is 28.2 Å². The highest BCUT2D eigenvalue weighted by molar-refractivity contribution is 6.62. The van der Waals surface area contributed by atoms with Crippen LogP contribution in [0.25, 0.3) is 4.85 Å². The molecule has 2 aromatic rings. The Balaban J connectivity index is 1.99. The summed E-state index contributed by atoms with van der Waals surface area (Å²) in [5, 5.41) is 10.0. The Morgan fingerprint density at radius 1 is 1.50 bits per heavy atom. The normalized spacial score (nSPS) is 17.0. The number of nitrogens with zero attached hydrogens (tertiary/aromatic N) is 2. The van der Waals surface area contributed by atoms with Gasteiger partial charge in [-0.2, -0.15) is 0 Å². The van der Waals surface area contributed by atoms with Crippen molar-refractivity contribution in [3.05, 3.63) is 51.5 Å². The second-order valence-electron chi connectivity index (χ2n) is 4.94. The van der Waals surface area contributed by atoms with E-state index in [1.54, 1.807) is 26.0 Å². The van der Waals surface area contributed by atoms with Crippen LogP contribution in [0.15, 0.2) is 18.2 Å². The molecule has 1 aliphatic rings. The Kier molecular flexibility index (Phi) is 3.47. The second-order valence-corrected chi connectivity index (χ2v) is 5.35. The Morgan fingerprint density at radius 2 is 2.27 bits per heavy atom. The maximum Gasteiger partial charge on any atom is 0.492 e. The van der Waals surface area contributed by atoms with E-state index >= 15 is 0 Å². The molecule has 0 radical (unpaired) electrons. The molecule has 1 aromatic heterocycles. The summed E-state index contributed by atoms with van der Waals surface area (Å²) in [6, 6.07) is 4.86. The smallest absolute Gasteiger partial charge is 0.438 e. The number of hydrogen-bond donors (Lipinski definition) is 1. The number of rotatable bonds is 2. The van der Waals surface area contributed by atoms with Gasteiger partial charge in [-0.3, -0.25) is 0 Å². The molecule has 0 aliphatic carbocycles. The number of hydrogen-bond acceptors (Lipinski definition) is 4. The van der Waals surface area contributed by atoms with Crippen molar-refractivity contribution in [3.8, 4) is 11.6 Å². The topological polar surface area (TPSA) is 55.9 Å². The van der Waals surface area contributed by atoms with Gasteiger partial charge < -0.3 is 14.4 Å². The van der Waals surface area contributed by atoms with Gasteiger partial charge in [-0.25, -0.2) is 9.83 Å². The summed E-state index contributed by atoms with van der Waals surface area (Å²) >= 11 is 6.11. The van der Waals surface area contributed by atoms with Crippen molar-refractivity contribution in [1.82, 2.24) is 4.98 Å². The van der Waals surface area contributed by atoms with E-state index in [4.69, 9.17) is 28.9 Å². The third kappa shape index (κ3) is 2.55. The lowest BCUT2D eigenvalue weighted by molar-refractivity contribution is 0.275. The highest BCUT2D eigenvalue weighted by atomic mass is 35.5. The fourth-order valence-electron chi connectivity index (χ4n) is 2.34. The molecule has 1 atom stereocenters. The van der Waals surface area contributed by atoms with E-state index in [-0.39, 0.29) is 10.9 Å². The number of benzene rings is 1. The molecule has 110 valence electrons. The molecule has 7 heteroatoms. The first-order chi connectivity index (χ1) is 10.9. The summed E-state index contributed by atoms with van der Waals surface area (Å²) in [5.41, 5.74) is 2.80. The molecule has 0 fully saturated rings. The van der Waals surface area contributed by atoms with Gasteiger partial charge in [-0.15, -0.1) is 0 Å². The molecule has 1 aliphatic heterocycles. The van der Waals surface area contributed by atoms with Crippen LogP contribution in [0.5, 0.6) is 11.6 Å². The zero-order valence-corrected chi connectivity index (χ0v) is 12.7. The van der Waals surface area contributed by atoms with Crippen molar-refractivity contribution in [1.29, 1.82) is 0 Å². The Labute approximate surface area is 134 Å². The fraction of sp³-hybridized carbons (Fsp3) is 0.200. The lowest BCUT2D eigenvalue weighted by Gasteiger charge is -2.11. The van der Waals surface area contributed by atoms with Crippen molar-refractivity contribution in [2.24, 2.45) is 0 Å². The monoisotopic (exact) mass is 315 g/mol. The van der Waals surface area contributed by atoms with Gasteiger partial charge in [0.05, 0.1) is 19.5 Å². The molecule has 0 saturated carbocycles. The van der Waals surface area contributed by atoms with Crippen molar-refractivity contribution in [2.45, 2.75) is 20.4 Å². The van der Waals surface area contributed by atoms with E-state index in [1.165, 1.54) is 6.07 Å². The fourth-order valence-corrected chi connectivity index (χ4v) is 2.52. The summed E-state index contributed by atoms with van der Waals surface area (Å²) in [6.45, 7) is 9.60. The lowest BCUT2D eigenvalue weighted by atomic mass is 9.76. The average molecular weight is 316 g/mol. The number of pyridine rings is 1. The molecule has 0 saturated heterocycles. The number of ether oxygens (including phenoxy) is 1. The van der Waals surface area contributed by atoms with Crippen LogP contribution < -0.4 is 10.2 Å². The summed E-state index contributed by atoms with van der Waals surface area (Å²) in [4.78, 5) is 7.54. The van der Waals surface area contributed by atoms with Crippen LogP contribution >= 0.6 is 11.6 Å². The summed E-state index contributed by atoms with van der Waals surface area (Å²) in [6.07, 6.45) is 0. The van der Waals surface area contributed by atoms with Gasteiger partial charge in [-0.05, 0) is 48.6 Å². The predicted octanol–water partition coefficient (Wildman–Crippen LogP) is 2.91. The number of aryl methyl sites for hydroxylation is 2. The maximum atomic E-state index is 9.81. The standard InChI is InChI=1S/C15H12BClN2O3/c1-8-4-11(5-10-7-21-16(20)14(8)10)22-15-12(17)6-13(18-3)9(2)19-15/h4-6,20H,7H2,1-2H3/i7D. The molecule has 0 bridgehead atoms. The quantitative estimate of drug-likeness (QED) is 0.684. The minimum Gasteiger partial charge on any atom is -0.438 e. The lowest BCUT2D eigenvalue weighted by Crippen LogP contribution is -2.30. The molecule has 1 unspecified atom stereocenters. The number of aromatic nitrogens is 1.